The minimum Gasteiger partial charge on any atom is -0.470 e. The normalized spacial score (nSPS) is 16.6. The molecule has 2 aromatic carbocycles. The number of rotatable bonds is 2. The van der Waals surface area contributed by atoms with Crippen LogP contribution in [0.2, 0.25) is 0 Å². The summed E-state index contributed by atoms with van der Waals surface area (Å²) in [6.07, 6.45) is -0.842. The minimum absolute atomic E-state index is 0.0830. The summed E-state index contributed by atoms with van der Waals surface area (Å²) in [5, 5.41) is 4.42. The van der Waals surface area contributed by atoms with Crippen LogP contribution in [0.5, 0.6) is 17.2 Å². The van der Waals surface area contributed by atoms with Crippen molar-refractivity contribution in [1.29, 1.82) is 0 Å². The Hall–Kier alpha value is -3.52. The molecule has 4 N–H and O–H groups in total. The van der Waals surface area contributed by atoms with E-state index in [1.54, 1.807) is 16.8 Å². The molecule has 0 fully saturated rings. The van der Waals surface area contributed by atoms with Gasteiger partial charge in [-0.2, -0.15) is 5.10 Å². The third kappa shape index (κ3) is 1.99. The van der Waals surface area contributed by atoms with Crippen molar-refractivity contribution in [2.75, 3.05) is 6.79 Å². The van der Waals surface area contributed by atoms with Crippen molar-refractivity contribution < 1.29 is 19.0 Å². The quantitative estimate of drug-likeness (QED) is 0.727. The van der Waals surface area contributed by atoms with Crippen molar-refractivity contribution in [2.45, 2.75) is 6.23 Å². The van der Waals surface area contributed by atoms with E-state index in [2.05, 4.69) is 5.10 Å². The number of primary amides is 1. The van der Waals surface area contributed by atoms with Crippen molar-refractivity contribution in [2.24, 2.45) is 11.5 Å². The van der Waals surface area contributed by atoms with E-state index in [4.69, 9.17) is 25.7 Å². The molecule has 1 atom stereocenters. The number of nitrogens with two attached hydrogens (primary N) is 2. The number of hydrogen-bond donors (Lipinski definition) is 2. The van der Waals surface area contributed by atoms with Gasteiger partial charge < -0.3 is 19.9 Å². The van der Waals surface area contributed by atoms with Gasteiger partial charge in [-0.15, -0.1) is 0 Å². The van der Waals surface area contributed by atoms with Crippen molar-refractivity contribution in [1.82, 2.24) is 9.78 Å². The third-order valence-corrected chi connectivity index (χ3v) is 4.44. The Bertz CT molecular complexity index is 1060. The van der Waals surface area contributed by atoms with Gasteiger partial charge in [-0.25, -0.2) is 4.68 Å². The second kappa shape index (κ2) is 5.24. The van der Waals surface area contributed by atoms with E-state index in [1.165, 1.54) is 0 Å². The summed E-state index contributed by atoms with van der Waals surface area (Å²) >= 11 is 0. The summed E-state index contributed by atoms with van der Waals surface area (Å²) in [7, 11) is 0. The van der Waals surface area contributed by atoms with Crippen molar-refractivity contribution in [3.8, 4) is 34.2 Å². The fraction of sp³-hybridized carbons (Fsp3) is 0.111. The highest BCUT2D eigenvalue weighted by Crippen LogP contribution is 2.44. The molecule has 26 heavy (non-hydrogen) atoms. The fourth-order valence-corrected chi connectivity index (χ4v) is 3.31. The first kappa shape index (κ1) is 14.8. The lowest BCUT2D eigenvalue weighted by atomic mass is 10.00. The molecule has 2 aliphatic rings. The summed E-state index contributed by atoms with van der Waals surface area (Å²) in [6, 6.07) is 12.9. The van der Waals surface area contributed by atoms with Crippen LogP contribution in [0, 0.1) is 0 Å². The molecule has 8 nitrogen and oxygen atoms in total. The summed E-state index contributed by atoms with van der Waals surface area (Å²) in [4.78, 5) is 12.0. The zero-order chi connectivity index (χ0) is 17.8. The van der Waals surface area contributed by atoms with Crippen molar-refractivity contribution in [3.05, 3.63) is 53.7 Å². The number of nitrogens with zero attached hydrogens (tertiary/aromatic N) is 2. The van der Waals surface area contributed by atoms with Crippen LogP contribution in [0.15, 0.2) is 42.5 Å². The van der Waals surface area contributed by atoms with Gasteiger partial charge in [0.05, 0.1) is 16.9 Å². The van der Waals surface area contributed by atoms with Crippen molar-refractivity contribution in [3.63, 3.8) is 0 Å². The van der Waals surface area contributed by atoms with Gasteiger partial charge in [-0.3, -0.25) is 10.5 Å². The molecule has 0 saturated heterocycles. The van der Waals surface area contributed by atoms with Gasteiger partial charge in [0.25, 0.3) is 5.91 Å². The number of carbonyl (C=O) groups excluding carboxylic acids is 1. The van der Waals surface area contributed by atoms with E-state index >= 15 is 0 Å². The number of benzene rings is 2. The second-order valence-corrected chi connectivity index (χ2v) is 5.96. The summed E-state index contributed by atoms with van der Waals surface area (Å²) in [5.41, 5.74) is 14.4. The lowest BCUT2D eigenvalue weighted by molar-refractivity contribution is 0.0989. The summed E-state index contributed by atoms with van der Waals surface area (Å²) < 4.78 is 18.2. The molecule has 130 valence electrons. The number of para-hydroxylation sites is 1. The van der Waals surface area contributed by atoms with Crippen LogP contribution in [0.3, 0.4) is 0 Å². The molecule has 0 spiro atoms. The SMILES string of the molecule is NC(=O)c1nn(-c2ccc3c(c2)OCO3)c2c1C(N)Oc1ccccc1-2. The van der Waals surface area contributed by atoms with Gasteiger partial charge in [0.15, 0.2) is 23.4 Å². The highest BCUT2D eigenvalue weighted by molar-refractivity contribution is 5.95. The Morgan fingerprint density at radius 3 is 2.77 bits per heavy atom. The molecule has 1 unspecified atom stereocenters. The van der Waals surface area contributed by atoms with Crippen LogP contribution < -0.4 is 25.7 Å². The Labute approximate surface area is 147 Å². The van der Waals surface area contributed by atoms with Gasteiger partial charge >= 0.3 is 0 Å². The first-order valence-electron chi connectivity index (χ1n) is 7.98. The molecule has 1 amide bonds. The molecule has 2 aliphatic heterocycles. The Morgan fingerprint density at radius 1 is 1.12 bits per heavy atom. The molecule has 5 rings (SSSR count). The zero-order valence-electron chi connectivity index (χ0n) is 13.5. The van der Waals surface area contributed by atoms with Gasteiger partial charge in [0.2, 0.25) is 6.79 Å². The average Bonchev–Trinajstić information content (AvgIpc) is 3.26. The highest BCUT2D eigenvalue weighted by atomic mass is 16.7. The van der Waals surface area contributed by atoms with E-state index in [9.17, 15) is 4.79 Å². The van der Waals surface area contributed by atoms with Crippen LogP contribution in [0.4, 0.5) is 0 Å². The maximum Gasteiger partial charge on any atom is 0.269 e. The standard InChI is InChI=1S/C18H14N4O4/c19-17(23)15-14-16(10-3-1-2-4-11(10)26-18(14)20)22(21-15)9-5-6-12-13(7-9)25-8-24-12/h1-7,18H,8,20H2,(H2,19,23). The molecule has 3 aromatic rings. The largest absolute Gasteiger partial charge is 0.470 e. The predicted octanol–water partition coefficient (Wildman–Crippen LogP) is 1.72. The number of carbonyl (C=O) groups is 1. The molecule has 0 bridgehead atoms. The van der Waals surface area contributed by atoms with Gasteiger partial charge in [-0.1, -0.05) is 12.1 Å². The van der Waals surface area contributed by atoms with E-state index in [-0.39, 0.29) is 12.5 Å². The van der Waals surface area contributed by atoms with E-state index in [0.29, 0.717) is 34.2 Å². The number of fused-ring (bicyclic) bond motifs is 4. The molecule has 0 aliphatic carbocycles. The van der Waals surface area contributed by atoms with Crippen LogP contribution in [0.1, 0.15) is 22.3 Å². The van der Waals surface area contributed by atoms with E-state index in [0.717, 1.165) is 5.56 Å². The maximum absolute atomic E-state index is 12.0. The summed E-state index contributed by atoms with van der Waals surface area (Å²) in [5.74, 6) is 1.21. The van der Waals surface area contributed by atoms with Crippen LogP contribution in [-0.4, -0.2) is 22.5 Å². The Kier molecular flexibility index (Phi) is 2.98. The molecule has 0 radical (unpaired) electrons. The molecule has 0 saturated carbocycles. The molecular weight excluding hydrogens is 336 g/mol. The number of aromatic nitrogens is 2. The summed E-state index contributed by atoms with van der Waals surface area (Å²) in [6.45, 7) is 0.171. The van der Waals surface area contributed by atoms with E-state index < -0.39 is 12.1 Å². The highest BCUT2D eigenvalue weighted by Gasteiger charge is 2.34. The lowest BCUT2D eigenvalue weighted by Gasteiger charge is -2.24. The number of ether oxygens (including phenoxy) is 3. The van der Waals surface area contributed by atoms with Crippen LogP contribution >= 0.6 is 0 Å². The molecule has 3 heterocycles. The molecular formula is C18H14N4O4. The van der Waals surface area contributed by atoms with E-state index in [1.807, 2.05) is 30.3 Å². The van der Waals surface area contributed by atoms with Crippen LogP contribution in [0.25, 0.3) is 16.9 Å². The zero-order valence-corrected chi connectivity index (χ0v) is 13.5. The Morgan fingerprint density at radius 2 is 1.92 bits per heavy atom. The second-order valence-electron chi connectivity index (χ2n) is 5.96. The average molecular weight is 350 g/mol. The van der Waals surface area contributed by atoms with Gasteiger partial charge in [-0.05, 0) is 24.3 Å². The van der Waals surface area contributed by atoms with Crippen molar-refractivity contribution >= 4 is 5.91 Å². The first-order chi connectivity index (χ1) is 12.6. The maximum atomic E-state index is 12.0. The van der Waals surface area contributed by atoms with Gasteiger partial charge in [0.1, 0.15) is 5.75 Å². The predicted molar refractivity (Wildman–Crippen MR) is 91.2 cm³/mol. The molecule has 1 aromatic heterocycles. The monoisotopic (exact) mass is 350 g/mol. The minimum atomic E-state index is -0.842. The Balaban J connectivity index is 1.80. The lowest BCUT2D eigenvalue weighted by Crippen LogP contribution is -2.25. The number of hydrogen-bond acceptors (Lipinski definition) is 6. The van der Waals surface area contributed by atoms with Gasteiger partial charge in [0, 0.05) is 11.6 Å². The number of amides is 1. The topological polar surface area (TPSA) is 115 Å². The van der Waals surface area contributed by atoms with Crippen LogP contribution in [-0.2, 0) is 0 Å². The molecule has 8 heteroatoms. The first-order valence-corrected chi connectivity index (χ1v) is 7.98. The smallest absolute Gasteiger partial charge is 0.269 e. The fourth-order valence-electron chi connectivity index (χ4n) is 3.31. The third-order valence-electron chi connectivity index (χ3n) is 4.44.